The summed E-state index contributed by atoms with van der Waals surface area (Å²) >= 11 is 9.88. The van der Waals surface area contributed by atoms with Crippen LogP contribution in [-0.4, -0.2) is 26.6 Å². The summed E-state index contributed by atoms with van der Waals surface area (Å²) in [6.07, 6.45) is -0.578. The molecule has 0 radical (unpaired) electrons. The number of halogens is 1. The fourth-order valence-electron chi connectivity index (χ4n) is 2.35. The van der Waals surface area contributed by atoms with E-state index in [1.165, 1.54) is 0 Å². The van der Waals surface area contributed by atoms with E-state index in [9.17, 15) is 5.11 Å². The van der Waals surface area contributed by atoms with Crippen LogP contribution in [0.25, 0.3) is 11.0 Å². The maximum Gasteiger partial charge on any atom is 0.152 e. The van der Waals surface area contributed by atoms with E-state index in [1.54, 1.807) is 6.07 Å². The third-order valence-corrected chi connectivity index (χ3v) is 7.51. The van der Waals surface area contributed by atoms with Crippen LogP contribution in [0.4, 0.5) is 0 Å². The molecule has 0 amide bonds. The van der Waals surface area contributed by atoms with Crippen LogP contribution in [0.3, 0.4) is 0 Å². The van der Waals surface area contributed by atoms with E-state index >= 15 is 0 Å². The summed E-state index contributed by atoms with van der Waals surface area (Å²) in [4.78, 5) is 0. The fourth-order valence-corrected chi connectivity index (χ4v) is 5.55. The topological polar surface area (TPSA) is 33.4 Å². The zero-order chi connectivity index (χ0) is 14.3. The first-order valence-corrected chi connectivity index (χ1v) is 9.06. The van der Waals surface area contributed by atoms with E-state index < -0.39 is 6.10 Å². The summed E-state index contributed by atoms with van der Waals surface area (Å²) in [6, 6.07) is 7.55. The first kappa shape index (κ1) is 14.6. The third kappa shape index (κ3) is 2.71. The molecule has 1 aliphatic heterocycles. The molecule has 0 spiro atoms. The van der Waals surface area contributed by atoms with Gasteiger partial charge in [-0.3, -0.25) is 0 Å². The predicted octanol–water partition coefficient (Wildman–Crippen LogP) is 4.75. The van der Waals surface area contributed by atoms with Gasteiger partial charge in [0, 0.05) is 26.9 Å². The van der Waals surface area contributed by atoms with Crippen molar-refractivity contribution in [2.24, 2.45) is 0 Å². The molecule has 4 unspecified atom stereocenters. The summed E-state index contributed by atoms with van der Waals surface area (Å²) in [7, 11) is 0. The van der Waals surface area contributed by atoms with E-state index in [-0.39, 0.29) is 5.25 Å². The zero-order valence-electron chi connectivity index (χ0n) is 11.4. The van der Waals surface area contributed by atoms with Crippen molar-refractivity contribution in [1.29, 1.82) is 0 Å². The maximum absolute atomic E-state index is 10.6. The van der Waals surface area contributed by atoms with E-state index in [0.717, 1.165) is 11.1 Å². The summed E-state index contributed by atoms with van der Waals surface area (Å²) in [6.45, 7) is 4.46. The highest BCUT2D eigenvalue weighted by atomic mass is 35.5. The van der Waals surface area contributed by atoms with Crippen LogP contribution in [0.5, 0.6) is 0 Å². The SMILES string of the molecule is CC1SCC(C(O)c2cc3cccc(Cl)c3o2)SC1C. The van der Waals surface area contributed by atoms with Crippen LogP contribution in [0.1, 0.15) is 25.7 Å². The van der Waals surface area contributed by atoms with Gasteiger partial charge in [0.1, 0.15) is 11.9 Å². The molecular formula is C15H17ClO2S2. The van der Waals surface area contributed by atoms with Gasteiger partial charge in [-0.1, -0.05) is 37.6 Å². The molecule has 1 saturated heterocycles. The Balaban J connectivity index is 1.85. The molecule has 1 aliphatic rings. The molecule has 0 bridgehead atoms. The average molecular weight is 329 g/mol. The molecule has 2 aromatic rings. The normalized spacial score (nSPS) is 28.7. The first-order valence-electron chi connectivity index (χ1n) is 6.69. The number of hydrogen-bond acceptors (Lipinski definition) is 4. The number of benzene rings is 1. The van der Waals surface area contributed by atoms with E-state index in [0.29, 0.717) is 26.9 Å². The van der Waals surface area contributed by atoms with Crippen LogP contribution in [-0.2, 0) is 0 Å². The van der Waals surface area contributed by atoms with Crippen molar-refractivity contribution in [3.05, 3.63) is 35.0 Å². The number of thioether (sulfide) groups is 2. The Kier molecular flexibility index (Phi) is 4.27. The number of furan rings is 1. The zero-order valence-corrected chi connectivity index (χ0v) is 13.8. The molecule has 1 aromatic carbocycles. The lowest BCUT2D eigenvalue weighted by Crippen LogP contribution is -2.30. The molecule has 2 heterocycles. The molecule has 108 valence electrons. The van der Waals surface area contributed by atoms with Crippen LogP contribution in [0.2, 0.25) is 5.02 Å². The largest absolute Gasteiger partial charge is 0.457 e. The standard InChI is InChI=1S/C15H17ClO2S2/c1-8-9(2)20-13(7-19-8)14(17)12-6-10-4-3-5-11(16)15(10)18-12/h3-6,8-9,13-14,17H,7H2,1-2H3. The van der Waals surface area contributed by atoms with E-state index in [2.05, 4.69) is 13.8 Å². The number of aliphatic hydroxyl groups is 1. The maximum atomic E-state index is 10.6. The quantitative estimate of drug-likeness (QED) is 0.862. The van der Waals surface area contributed by atoms with Crippen LogP contribution >= 0.6 is 35.1 Å². The summed E-state index contributed by atoms with van der Waals surface area (Å²) in [5.74, 6) is 1.57. The van der Waals surface area contributed by atoms with Crippen molar-refractivity contribution < 1.29 is 9.52 Å². The van der Waals surface area contributed by atoms with Gasteiger partial charge in [0.25, 0.3) is 0 Å². The van der Waals surface area contributed by atoms with Gasteiger partial charge in [0.2, 0.25) is 0 Å². The second-order valence-electron chi connectivity index (χ2n) is 5.17. The van der Waals surface area contributed by atoms with Crippen molar-refractivity contribution in [2.75, 3.05) is 5.75 Å². The molecule has 4 atom stereocenters. The van der Waals surface area contributed by atoms with E-state index in [1.807, 2.05) is 41.7 Å². The lowest BCUT2D eigenvalue weighted by molar-refractivity contribution is 0.154. The lowest BCUT2D eigenvalue weighted by Gasteiger charge is -2.33. The summed E-state index contributed by atoms with van der Waals surface area (Å²) < 4.78 is 5.77. The van der Waals surface area contributed by atoms with Gasteiger partial charge in [-0.05, 0) is 12.1 Å². The van der Waals surface area contributed by atoms with Gasteiger partial charge in [0.15, 0.2) is 5.58 Å². The Morgan fingerprint density at radius 1 is 1.35 bits per heavy atom. The number of aliphatic hydroxyl groups excluding tert-OH is 1. The highest BCUT2D eigenvalue weighted by molar-refractivity contribution is 8.07. The molecular weight excluding hydrogens is 312 g/mol. The van der Waals surface area contributed by atoms with Gasteiger partial charge >= 0.3 is 0 Å². The number of rotatable bonds is 2. The molecule has 20 heavy (non-hydrogen) atoms. The summed E-state index contributed by atoms with van der Waals surface area (Å²) in [5.41, 5.74) is 0.665. The third-order valence-electron chi connectivity index (χ3n) is 3.73. The van der Waals surface area contributed by atoms with Crippen molar-refractivity contribution in [2.45, 2.75) is 35.7 Å². The Morgan fingerprint density at radius 3 is 2.85 bits per heavy atom. The van der Waals surface area contributed by atoms with Gasteiger partial charge < -0.3 is 9.52 Å². The van der Waals surface area contributed by atoms with Crippen molar-refractivity contribution in [1.82, 2.24) is 0 Å². The van der Waals surface area contributed by atoms with Crippen molar-refractivity contribution in [3.8, 4) is 0 Å². The van der Waals surface area contributed by atoms with Crippen LogP contribution in [0, 0.1) is 0 Å². The highest BCUT2D eigenvalue weighted by Crippen LogP contribution is 2.42. The molecule has 0 aliphatic carbocycles. The minimum atomic E-state index is -0.578. The average Bonchev–Trinajstić information content (AvgIpc) is 2.86. The number of hydrogen-bond donors (Lipinski definition) is 1. The molecule has 2 nitrogen and oxygen atoms in total. The lowest BCUT2D eigenvalue weighted by atomic mass is 10.2. The van der Waals surface area contributed by atoms with Gasteiger partial charge in [-0.15, -0.1) is 0 Å². The molecule has 1 aromatic heterocycles. The number of fused-ring (bicyclic) bond motifs is 1. The van der Waals surface area contributed by atoms with Crippen molar-refractivity contribution in [3.63, 3.8) is 0 Å². The molecule has 3 rings (SSSR count). The summed E-state index contributed by atoms with van der Waals surface area (Å²) in [5, 5.41) is 13.5. The van der Waals surface area contributed by atoms with E-state index in [4.69, 9.17) is 16.0 Å². The molecule has 0 saturated carbocycles. The van der Waals surface area contributed by atoms with Crippen LogP contribution in [0.15, 0.2) is 28.7 Å². The molecule has 5 heteroatoms. The second-order valence-corrected chi connectivity index (χ2v) is 8.61. The Hall–Kier alpha value is -0.290. The minimum Gasteiger partial charge on any atom is -0.457 e. The predicted molar refractivity (Wildman–Crippen MR) is 88.9 cm³/mol. The Morgan fingerprint density at radius 2 is 2.15 bits per heavy atom. The van der Waals surface area contributed by atoms with Gasteiger partial charge in [0.05, 0.1) is 5.02 Å². The Bertz CT molecular complexity index is 613. The first-order chi connectivity index (χ1) is 9.56. The van der Waals surface area contributed by atoms with Gasteiger partial charge in [-0.25, -0.2) is 0 Å². The highest BCUT2D eigenvalue weighted by Gasteiger charge is 2.32. The molecule has 1 N–H and O–H groups in total. The second kappa shape index (κ2) is 5.84. The fraction of sp³-hybridized carbons (Fsp3) is 0.467. The number of para-hydroxylation sites is 1. The minimum absolute atomic E-state index is 0.172. The van der Waals surface area contributed by atoms with Crippen LogP contribution < -0.4 is 0 Å². The Labute approximate surface area is 132 Å². The van der Waals surface area contributed by atoms with Gasteiger partial charge in [-0.2, -0.15) is 23.5 Å². The molecule has 1 fully saturated rings. The van der Waals surface area contributed by atoms with Crippen molar-refractivity contribution >= 4 is 46.1 Å². The smallest absolute Gasteiger partial charge is 0.152 e. The monoisotopic (exact) mass is 328 g/mol.